The topological polar surface area (TPSA) is 47.7 Å². The Balaban J connectivity index is 1.99. The van der Waals surface area contributed by atoms with Gasteiger partial charge in [-0.3, -0.25) is 9.36 Å². The molecular formula is C12H19N5. The number of aryl methyl sites for hydroxylation is 3. The molecule has 0 spiro atoms. The van der Waals surface area contributed by atoms with Gasteiger partial charge in [-0.2, -0.15) is 10.2 Å². The Bertz CT molecular complexity index is 483. The first-order valence-electron chi connectivity index (χ1n) is 6.02. The number of nitrogens with one attached hydrogen (secondary N) is 1. The van der Waals surface area contributed by atoms with Gasteiger partial charge in [0, 0.05) is 37.6 Å². The molecule has 5 heteroatoms. The summed E-state index contributed by atoms with van der Waals surface area (Å²) in [6.07, 6.45) is 5.95. The highest BCUT2D eigenvalue weighted by atomic mass is 15.3. The molecule has 0 aliphatic rings. The fourth-order valence-electron chi connectivity index (χ4n) is 1.72. The largest absolute Gasteiger partial charge is 0.378 e. The van der Waals surface area contributed by atoms with Crippen LogP contribution >= 0.6 is 0 Å². The van der Waals surface area contributed by atoms with Gasteiger partial charge < -0.3 is 5.32 Å². The lowest BCUT2D eigenvalue weighted by Crippen LogP contribution is -1.99. The van der Waals surface area contributed by atoms with Gasteiger partial charge in [-0.15, -0.1) is 0 Å². The summed E-state index contributed by atoms with van der Waals surface area (Å²) in [6, 6.07) is 0. The summed E-state index contributed by atoms with van der Waals surface area (Å²) in [7, 11) is 0. The number of hydrogen-bond acceptors (Lipinski definition) is 3. The average Bonchev–Trinajstić information content (AvgIpc) is 2.93. The molecule has 0 aliphatic heterocycles. The van der Waals surface area contributed by atoms with E-state index in [9.17, 15) is 0 Å². The van der Waals surface area contributed by atoms with Crippen LogP contribution in [-0.4, -0.2) is 19.6 Å². The molecule has 2 aromatic rings. The van der Waals surface area contributed by atoms with Crippen molar-refractivity contribution in [2.75, 3.05) is 5.32 Å². The monoisotopic (exact) mass is 233 g/mol. The minimum Gasteiger partial charge on any atom is -0.378 e. The zero-order valence-corrected chi connectivity index (χ0v) is 10.6. The molecule has 92 valence electrons. The van der Waals surface area contributed by atoms with E-state index in [1.807, 2.05) is 28.7 Å². The van der Waals surface area contributed by atoms with Crippen LogP contribution in [0.2, 0.25) is 0 Å². The van der Waals surface area contributed by atoms with Crippen LogP contribution in [0.25, 0.3) is 0 Å². The van der Waals surface area contributed by atoms with Crippen LogP contribution in [0.5, 0.6) is 0 Å². The highest BCUT2D eigenvalue weighted by Crippen LogP contribution is 2.10. The predicted molar refractivity (Wildman–Crippen MR) is 67.9 cm³/mol. The fourth-order valence-corrected chi connectivity index (χ4v) is 1.72. The maximum atomic E-state index is 4.42. The van der Waals surface area contributed by atoms with Crippen molar-refractivity contribution >= 4 is 5.69 Å². The molecule has 0 atom stereocenters. The van der Waals surface area contributed by atoms with E-state index in [1.54, 1.807) is 0 Å². The third-order valence-electron chi connectivity index (χ3n) is 2.81. The molecule has 2 heterocycles. The molecule has 0 amide bonds. The van der Waals surface area contributed by atoms with Crippen molar-refractivity contribution in [1.82, 2.24) is 19.6 Å². The van der Waals surface area contributed by atoms with Crippen LogP contribution in [0, 0.1) is 6.92 Å². The lowest BCUT2D eigenvalue weighted by atomic mass is 10.2. The quantitative estimate of drug-likeness (QED) is 0.859. The Morgan fingerprint density at radius 2 is 1.94 bits per heavy atom. The van der Waals surface area contributed by atoms with Crippen molar-refractivity contribution in [3.05, 3.63) is 29.8 Å². The second-order valence-electron chi connectivity index (χ2n) is 4.03. The SMILES string of the molecule is CCn1cc(NCc2cn(CC)nc2C)cn1. The molecule has 1 N–H and O–H groups in total. The summed E-state index contributed by atoms with van der Waals surface area (Å²) in [5, 5.41) is 12.0. The van der Waals surface area contributed by atoms with Crippen LogP contribution in [-0.2, 0) is 19.6 Å². The molecule has 0 bridgehead atoms. The van der Waals surface area contributed by atoms with E-state index in [0.29, 0.717) is 0 Å². The molecule has 0 radical (unpaired) electrons. The zero-order valence-electron chi connectivity index (χ0n) is 10.6. The average molecular weight is 233 g/mol. The normalized spacial score (nSPS) is 10.8. The van der Waals surface area contributed by atoms with Gasteiger partial charge in [0.1, 0.15) is 0 Å². The lowest BCUT2D eigenvalue weighted by molar-refractivity contribution is 0.653. The van der Waals surface area contributed by atoms with E-state index in [2.05, 4.69) is 35.6 Å². The van der Waals surface area contributed by atoms with Gasteiger partial charge >= 0.3 is 0 Å². The van der Waals surface area contributed by atoms with Gasteiger partial charge in [0.25, 0.3) is 0 Å². The van der Waals surface area contributed by atoms with Gasteiger partial charge in [0.15, 0.2) is 0 Å². The summed E-state index contributed by atoms with van der Waals surface area (Å²) in [6.45, 7) is 8.81. The molecule has 17 heavy (non-hydrogen) atoms. The Labute approximate surface area is 101 Å². The van der Waals surface area contributed by atoms with Crippen molar-refractivity contribution in [2.45, 2.75) is 40.4 Å². The molecule has 2 aromatic heterocycles. The first-order chi connectivity index (χ1) is 8.22. The third-order valence-corrected chi connectivity index (χ3v) is 2.81. The van der Waals surface area contributed by atoms with Gasteiger partial charge in [0.2, 0.25) is 0 Å². The lowest BCUT2D eigenvalue weighted by Gasteiger charge is -2.01. The van der Waals surface area contributed by atoms with Crippen LogP contribution in [0.3, 0.4) is 0 Å². The first-order valence-corrected chi connectivity index (χ1v) is 6.02. The summed E-state index contributed by atoms with van der Waals surface area (Å²) >= 11 is 0. The summed E-state index contributed by atoms with van der Waals surface area (Å²) in [5.41, 5.74) is 3.37. The third kappa shape index (κ3) is 2.67. The van der Waals surface area contributed by atoms with Crippen molar-refractivity contribution in [1.29, 1.82) is 0 Å². The van der Waals surface area contributed by atoms with E-state index in [-0.39, 0.29) is 0 Å². The molecule has 5 nitrogen and oxygen atoms in total. The van der Waals surface area contributed by atoms with E-state index < -0.39 is 0 Å². The number of aromatic nitrogens is 4. The molecule has 0 fully saturated rings. The standard InChI is InChI=1S/C12H19N5/c1-4-16-9-12(7-14-16)13-6-11-8-17(5-2)15-10(11)3/h7-9,13H,4-6H2,1-3H3. The minimum atomic E-state index is 0.793. The second kappa shape index (κ2) is 5.03. The van der Waals surface area contributed by atoms with Crippen LogP contribution < -0.4 is 5.32 Å². The number of anilines is 1. The molecule has 0 aromatic carbocycles. The highest BCUT2D eigenvalue weighted by Gasteiger charge is 2.04. The van der Waals surface area contributed by atoms with E-state index in [1.165, 1.54) is 5.56 Å². The maximum absolute atomic E-state index is 4.42. The Morgan fingerprint density at radius 3 is 2.53 bits per heavy atom. The number of nitrogens with zero attached hydrogens (tertiary/aromatic N) is 4. The number of hydrogen-bond donors (Lipinski definition) is 1. The van der Waals surface area contributed by atoms with Crippen molar-refractivity contribution in [3.8, 4) is 0 Å². The molecular weight excluding hydrogens is 214 g/mol. The molecule has 0 aliphatic carbocycles. The summed E-state index contributed by atoms with van der Waals surface area (Å²) in [5.74, 6) is 0. The Morgan fingerprint density at radius 1 is 1.18 bits per heavy atom. The van der Waals surface area contributed by atoms with Crippen LogP contribution in [0.1, 0.15) is 25.1 Å². The summed E-state index contributed by atoms with van der Waals surface area (Å²) in [4.78, 5) is 0. The first kappa shape index (κ1) is 11.7. The fraction of sp³-hybridized carbons (Fsp3) is 0.500. The van der Waals surface area contributed by atoms with E-state index in [0.717, 1.165) is 31.0 Å². The Hall–Kier alpha value is -1.78. The van der Waals surface area contributed by atoms with E-state index >= 15 is 0 Å². The van der Waals surface area contributed by atoms with Crippen LogP contribution in [0.15, 0.2) is 18.6 Å². The smallest absolute Gasteiger partial charge is 0.0729 e. The molecule has 0 saturated carbocycles. The summed E-state index contributed by atoms with van der Waals surface area (Å²) < 4.78 is 3.87. The van der Waals surface area contributed by atoms with Gasteiger partial charge in [-0.1, -0.05) is 0 Å². The number of rotatable bonds is 5. The Kier molecular flexibility index (Phi) is 3.46. The van der Waals surface area contributed by atoms with Crippen molar-refractivity contribution in [3.63, 3.8) is 0 Å². The zero-order chi connectivity index (χ0) is 12.3. The molecule has 0 saturated heterocycles. The molecule has 0 unspecified atom stereocenters. The van der Waals surface area contributed by atoms with Gasteiger partial charge in [-0.25, -0.2) is 0 Å². The van der Waals surface area contributed by atoms with Gasteiger partial charge in [0.05, 0.1) is 17.6 Å². The van der Waals surface area contributed by atoms with Gasteiger partial charge in [-0.05, 0) is 20.8 Å². The molecule has 2 rings (SSSR count). The predicted octanol–water partition coefficient (Wildman–Crippen LogP) is 2.04. The van der Waals surface area contributed by atoms with Crippen molar-refractivity contribution in [2.24, 2.45) is 0 Å². The second-order valence-corrected chi connectivity index (χ2v) is 4.03. The van der Waals surface area contributed by atoms with Crippen LogP contribution in [0.4, 0.5) is 5.69 Å². The van der Waals surface area contributed by atoms with E-state index in [4.69, 9.17) is 0 Å². The maximum Gasteiger partial charge on any atom is 0.0729 e. The minimum absolute atomic E-state index is 0.793. The van der Waals surface area contributed by atoms with Crippen molar-refractivity contribution < 1.29 is 0 Å². The highest BCUT2D eigenvalue weighted by molar-refractivity contribution is 5.39.